The molecule has 0 bridgehead atoms. The van der Waals surface area contributed by atoms with Crippen molar-refractivity contribution in [3.05, 3.63) is 35.4 Å². The molecule has 1 aromatic carbocycles. The van der Waals surface area contributed by atoms with Gasteiger partial charge in [0.05, 0.1) is 13.7 Å². The van der Waals surface area contributed by atoms with Gasteiger partial charge in [-0.25, -0.2) is 4.79 Å². The average Bonchev–Trinajstić information content (AvgIpc) is 2.37. The molecule has 0 fully saturated rings. The van der Waals surface area contributed by atoms with Gasteiger partial charge in [-0.05, 0) is 19.1 Å². The number of benzene rings is 1. The first-order chi connectivity index (χ1) is 8.22. The van der Waals surface area contributed by atoms with Crippen LogP contribution in [0.1, 0.15) is 12.5 Å². The third-order valence-electron chi connectivity index (χ3n) is 2.04. The number of rotatable bonds is 4. The number of carbonyl (C=O) groups is 1. The van der Waals surface area contributed by atoms with E-state index in [1.165, 1.54) is 13.2 Å². The standard InChI is InChI=1S/C13H13NO3/c1-3-17-12-7-5-4-6-10(12)8-11(9-14)13(15)16-2/h4-8H,3H2,1-2H3/b11-8+. The maximum atomic E-state index is 11.3. The molecule has 0 radical (unpaired) electrons. The third kappa shape index (κ3) is 3.35. The fraction of sp³-hybridized carbons (Fsp3) is 0.231. The summed E-state index contributed by atoms with van der Waals surface area (Å²) in [5.74, 6) is -0.0227. The zero-order valence-electron chi connectivity index (χ0n) is 9.77. The maximum Gasteiger partial charge on any atom is 0.348 e. The Kier molecular flexibility index (Phi) is 4.77. The molecule has 4 heteroatoms. The molecule has 0 spiro atoms. The Labute approximate surface area is 100 Å². The summed E-state index contributed by atoms with van der Waals surface area (Å²) in [6.45, 7) is 2.39. The maximum absolute atomic E-state index is 11.3. The van der Waals surface area contributed by atoms with E-state index in [1.807, 2.05) is 13.0 Å². The second-order valence-electron chi connectivity index (χ2n) is 3.13. The van der Waals surface area contributed by atoms with Crippen molar-refractivity contribution < 1.29 is 14.3 Å². The van der Waals surface area contributed by atoms with E-state index < -0.39 is 5.97 Å². The van der Waals surface area contributed by atoms with Gasteiger partial charge in [0, 0.05) is 5.56 Å². The summed E-state index contributed by atoms with van der Waals surface area (Å²) in [4.78, 5) is 11.3. The number of hydrogen-bond acceptors (Lipinski definition) is 4. The van der Waals surface area contributed by atoms with E-state index in [0.29, 0.717) is 17.9 Å². The number of para-hydroxylation sites is 1. The lowest BCUT2D eigenvalue weighted by Crippen LogP contribution is -2.03. The molecule has 88 valence electrons. The molecular formula is C13H13NO3. The van der Waals surface area contributed by atoms with Crippen LogP contribution in [0.5, 0.6) is 5.75 Å². The SMILES string of the molecule is CCOc1ccccc1/C=C(\C#N)C(=O)OC. The molecule has 0 atom stereocenters. The zero-order chi connectivity index (χ0) is 12.7. The molecule has 1 rings (SSSR count). The molecule has 4 nitrogen and oxygen atoms in total. The molecule has 0 amide bonds. The normalized spacial score (nSPS) is 10.5. The van der Waals surface area contributed by atoms with Crippen LogP contribution in [0, 0.1) is 11.3 Å². The van der Waals surface area contributed by atoms with Crippen LogP contribution in [0.25, 0.3) is 6.08 Å². The van der Waals surface area contributed by atoms with E-state index >= 15 is 0 Å². The molecule has 0 aliphatic rings. The lowest BCUT2D eigenvalue weighted by atomic mass is 10.1. The molecule has 1 aromatic rings. The van der Waals surface area contributed by atoms with E-state index in [9.17, 15) is 4.79 Å². The summed E-state index contributed by atoms with van der Waals surface area (Å²) >= 11 is 0. The summed E-state index contributed by atoms with van der Waals surface area (Å²) in [5.41, 5.74) is 0.621. The van der Waals surface area contributed by atoms with Gasteiger partial charge in [-0.1, -0.05) is 18.2 Å². The Morgan fingerprint density at radius 2 is 2.18 bits per heavy atom. The molecule has 0 unspecified atom stereocenters. The number of methoxy groups -OCH3 is 1. The minimum absolute atomic E-state index is 0.0559. The lowest BCUT2D eigenvalue weighted by molar-refractivity contribution is -0.135. The highest BCUT2D eigenvalue weighted by Crippen LogP contribution is 2.21. The van der Waals surface area contributed by atoms with Crippen LogP contribution in [0.3, 0.4) is 0 Å². The van der Waals surface area contributed by atoms with Crippen LogP contribution >= 0.6 is 0 Å². The Hall–Kier alpha value is -2.28. The van der Waals surface area contributed by atoms with Crippen LogP contribution in [0.4, 0.5) is 0 Å². The van der Waals surface area contributed by atoms with Crippen molar-refractivity contribution in [1.29, 1.82) is 5.26 Å². The predicted molar refractivity (Wildman–Crippen MR) is 63.2 cm³/mol. The first-order valence-corrected chi connectivity index (χ1v) is 5.14. The molecular weight excluding hydrogens is 218 g/mol. The summed E-state index contributed by atoms with van der Waals surface area (Å²) in [7, 11) is 1.24. The second-order valence-corrected chi connectivity index (χ2v) is 3.13. The summed E-state index contributed by atoms with van der Waals surface area (Å²) < 4.78 is 9.89. The first kappa shape index (κ1) is 12.8. The van der Waals surface area contributed by atoms with Gasteiger partial charge >= 0.3 is 5.97 Å². The fourth-order valence-corrected chi connectivity index (χ4v) is 1.29. The highest BCUT2D eigenvalue weighted by molar-refractivity contribution is 5.98. The van der Waals surface area contributed by atoms with E-state index in [-0.39, 0.29) is 5.57 Å². The van der Waals surface area contributed by atoms with E-state index in [2.05, 4.69) is 4.74 Å². The van der Waals surface area contributed by atoms with E-state index in [0.717, 1.165) is 0 Å². The molecule has 0 aliphatic carbocycles. The molecule has 0 aliphatic heterocycles. The molecule has 0 aromatic heterocycles. The van der Waals surface area contributed by atoms with Crippen LogP contribution < -0.4 is 4.74 Å². The molecule has 0 saturated heterocycles. The summed E-state index contributed by atoms with van der Waals surface area (Å²) in [6, 6.07) is 8.98. The fourth-order valence-electron chi connectivity index (χ4n) is 1.29. The van der Waals surface area contributed by atoms with Crippen LogP contribution in [-0.4, -0.2) is 19.7 Å². The highest BCUT2D eigenvalue weighted by atomic mass is 16.5. The Bertz CT molecular complexity index is 472. The third-order valence-corrected chi connectivity index (χ3v) is 2.04. The topological polar surface area (TPSA) is 59.3 Å². The molecule has 17 heavy (non-hydrogen) atoms. The molecule has 0 N–H and O–H groups in total. The largest absolute Gasteiger partial charge is 0.493 e. The molecule has 0 saturated carbocycles. The Morgan fingerprint density at radius 3 is 2.76 bits per heavy atom. The predicted octanol–water partition coefficient (Wildman–Crippen LogP) is 2.17. The summed E-state index contributed by atoms with van der Waals surface area (Å²) in [6.07, 6.45) is 1.46. The second kappa shape index (κ2) is 6.33. The van der Waals surface area contributed by atoms with Crippen LogP contribution in [-0.2, 0) is 9.53 Å². The van der Waals surface area contributed by atoms with Crippen molar-refractivity contribution in [2.45, 2.75) is 6.92 Å². The minimum atomic E-state index is -0.654. The van der Waals surface area contributed by atoms with Crippen molar-refractivity contribution in [1.82, 2.24) is 0 Å². The molecule has 0 heterocycles. The van der Waals surface area contributed by atoms with Crippen molar-refractivity contribution in [3.63, 3.8) is 0 Å². The smallest absolute Gasteiger partial charge is 0.348 e. The minimum Gasteiger partial charge on any atom is -0.493 e. The lowest BCUT2D eigenvalue weighted by Gasteiger charge is -2.06. The number of nitriles is 1. The van der Waals surface area contributed by atoms with Crippen molar-refractivity contribution in [2.24, 2.45) is 0 Å². The van der Waals surface area contributed by atoms with Crippen molar-refractivity contribution in [3.8, 4) is 11.8 Å². The number of ether oxygens (including phenoxy) is 2. The first-order valence-electron chi connectivity index (χ1n) is 5.14. The van der Waals surface area contributed by atoms with Crippen molar-refractivity contribution >= 4 is 12.0 Å². The van der Waals surface area contributed by atoms with Gasteiger partial charge in [-0.3, -0.25) is 0 Å². The quantitative estimate of drug-likeness (QED) is 0.452. The zero-order valence-corrected chi connectivity index (χ0v) is 9.77. The van der Waals surface area contributed by atoms with Crippen LogP contribution in [0.2, 0.25) is 0 Å². The van der Waals surface area contributed by atoms with Crippen molar-refractivity contribution in [2.75, 3.05) is 13.7 Å². The summed E-state index contributed by atoms with van der Waals surface area (Å²) in [5, 5.41) is 8.85. The number of hydrogen-bond donors (Lipinski definition) is 0. The highest BCUT2D eigenvalue weighted by Gasteiger charge is 2.10. The Balaban J connectivity index is 3.12. The van der Waals surface area contributed by atoms with Gasteiger partial charge < -0.3 is 9.47 Å². The average molecular weight is 231 g/mol. The van der Waals surface area contributed by atoms with Gasteiger partial charge in [0.2, 0.25) is 0 Å². The van der Waals surface area contributed by atoms with E-state index in [4.69, 9.17) is 10.00 Å². The monoisotopic (exact) mass is 231 g/mol. The van der Waals surface area contributed by atoms with Gasteiger partial charge in [-0.15, -0.1) is 0 Å². The van der Waals surface area contributed by atoms with Gasteiger partial charge in [0.15, 0.2) is 0 Å². The Morgan fingerprint density at radius 1 is 1.47 bits per heavy atom. The number of esters is 1. The van der Waals surface area contributed by atoms with E-state index in [1.54, 1.807) is 24.3 Å². The van der Waals surface area contributed by atoms with Gasteiger partial charge in [0.1, 0.15) is 17.4 Å². The van der Waals surface area contributed by atoms with Crippen LogP contribution in [0.15, 0.2) is 29.8 Å². The van der Waals surface area contributed by atoms with Gasteiger partial charge in [0.25, 0.3) is 0 Å². The number of carbonyl (C=O) groups excluding carboxylic acids is 1. The van der Waals surface area contributed by atoms with Gasteiger partial charge in [-0.2, -0.15) is 5.26 Å². The number of nitrogens with zero attached hydrogens (tertiary/aromatic N) is 1.